The summed E-state index contributed by atoms with van der Waals surface area (Å²) in [4.78, 5) is 12.0. The molecular weight excluding hydrogens is 223 g/mol. The molecule has 4 nitrogen and oxygen atoms in total. The van der Waals surface area contributed by atoms with Crippen molar-refractivity contribution in [2.45, 2.75) is 38.0 Å². The van der Waals surface area contributed by atoms with Crippen molar-refractivity contribution in [1.29, 1.82) is 0 Å². The molecule has 0 aromatic heterocycles. The highest BCUT2D eigenvalue weighted by atomic mass is 19.4. The third-order valence-corrected chi connectivity index (χ3v) is 2.46. The first-order chi connectivity index (χ1) is 6.96. The summed E-state index contributed by atoms with van der Waals surface area (Å²) >= 11 is 0. The van der Waals surface area contributed by atoms with Crippen molar-refractivity contribution in [3.63, 3.8) is 0 Å². The second-order valence-electron chi connectivity index (χ2n) is 4.37. The summed E-state index contributed by atoms with van der Waals surface area (Å²) in [6, 6.07) is -0.482. The Morgan fingerprint density at radius 1 is 1.44 bits per heavy atom. The van der Waals surface area contributed by atoms with Crippen LogP contribution in [0.5, 0.6) is 0 Å². The van der Waals surface area contributed by atoms with E-state index in [1.165, 1.54) is 14.0 Å². The van der Waals surface area contributed by atoms with Gasteiger partial charge in [-0.3, -0.25) is 9.69 Å². The lowest BCUT2D eigenvalue weighted by molar-refractivity contribution is -0.147. The number of primary amides is 1. The number of hydrogen-bond donors (Lipinski definition) is 2. The maximum absolute atomic E-state index is 12.1. The van der Waals surface area contributed by atoms with Crippen molar-refractivity contribution in [1.82, 2.24) is 4.90 Å². The molecule has 0 bridgehead atoms. The minimum absolute atomic E-state index is 0.0783. The number of nitrogens with two attached hydrogens (primary N) is 2. The first-order valence-corrected chi connectivity index (χ1v) is 4.81. The second-order valence-corrected chi connectivity index (χ2v) is 4.37. The summed E-state index contributed by atoms with van der Waals surface area (Å²) in [7, 11) is 1.33. The van der Waals surface area contributed by atoms with Gasteiger partial charge in [-0.25, -0.2) is 0 Å². The van der Waals surface area contributed by atoms with E-state index in [-0.39, 0.29) is 6.42 Å². The lowest BCUT2D eigenvalue weighted by Gasteiger charge is -2.31. The Hall–Kier alpha value is -0.820. The van der Waals surface area contributed by atoms with Crippen LogP contribution in [0.4, 0.5) is 13.2 Å². The van der Waals surface area contributed by atoms with Crippen LogP contribution in [0.2, 0.25) is 0 Å². The summed E-state index contributed by atoms with van der Waals surface area (Å²) in [6.45, 7) is 1.94. The lowest BCUT2D eigenvalue weighted by atomic mass is 9.93. The van der Waals surface area contributed by atoms with E-state index in [9.17, 15) is 18.0 Å². The van der Waals surface area contributed by atoms with E-state index in [4.69, 9.17) is 11.5 Å². The van der Waals surface area contributed by atoms with E-state index < -0.39 is 30.2 Å². The standard InChI is InChI=1S/C9H18F3N3O/c1-6(4-8(2,14)7(13)16)15(3)5-9(10,11)12/h6H,4-5,14H2,1-3H3,(H2,13,16). The molecule has 0 heterocycles. The molecule has 16 heavy (non-hydrogen) atoms. The molecule has 2 unspecified atom stereocenters. The van der Waals surface area contributed by atoms with Gasteiger partial charge in [0.2, 0.25) is 5.91 Å². The highest BCUT2D eigenvalue weighted by Gasteiger charge is 2.34. The number of nitrogens with zero attached hydrogens (tertiary/aromatic N) is 1. The number of carbonyl (C=O) groups excluding carboxylic acids is 1. The zero-order chi connectivity index (χ0) is 13.1. The fourth-order valence-electron chi connectivity index (χ4n) is 1.31. The van der Waals surface area contributed by atoms with Crippen LogP contribution >= 0.6 is 0 Å². The van der Waals surface area contributed by atoms with Gasteiger partial charge in [-0.05, 0) is 27.3 Å². The van der Waals surface area contributed by atoms with Gasteiger partial charge >= 0.3 is 6.18 Å². The smallest absolute Gasteiger partial charge is 0.368 e. The van der Waals surface area contributed by atoms with Crippen molar-refractivity contribution in [2.24, 2.45) is 11.5 Å². The third kappa shape index (κ3) is 5.32. The zero-order valence-corrected chi connectivity index (χ0v) is 9.64. The summed E-state index contributed by atoms with van der Waals surface area (Å²) < 4.78 is 36.3. The Morgan fingerprint density at radius 2 is 1.88 bits per heavy atom. The molecule has 0 radical (unpaired) electrons. The Morgan fingerprint density at radius 3 is 2.19 bits per heavy atom. The number of carbonyl (C=O) groups is 1. The number of halogens is 3. The predicted molar refractivity (Wildman–Crippen MR) is 54.6 cm³/mol. The van der Waals surface area contributed by atoms with Crippen LogP contribution < -0.4 is 11.5 Å². The van der Waals surface area contributed by atoms with Crippen molar-refractivity contribution >= 4 is 5.91 Å². The number of rotatable bonds is 5. The maximum Gasteiger partial charge on any atom is 0.401 e. The van der Waals surface area contributed by atoms with Gasteiger partial charge in [-0.2, -0.15) is 13.2 Å². The zero-order valence-electron chi connectivity index (χ0n) is 9.64. The van der Waals surface area contributed by atoms with Crippen molar-refractivity contribution in [3.05, 3.63) is 0 Å². The first kappa shape index (κ1) is 15.2. The Labute approximate surface area is 92.8 Å². The lowest BCUT2D eigenvalue weighted by Crippen LogP contribution is -2.53. The van der Waals surface area contributed by atoms with Crippen LogP contribution in [-0.2, 0) is 4.79 Å². The van der Waals surface area contributed by atoms with Crippen LogP contribution in [0.25, 0.3) is 0 Å². The third-order valence-electron chi connectivity index (χ3n) is 2.46. The molecule has 0 aliphatic rings. The molecule has 0 rings (SSSR count). The molecule has 0 saturated carbocycles. The molecule has 0 aromatic rings. The largest absolute Gasteiger partial charge is 0.401 e. The van der Waals surface area contributed by atoms with Gasteiger partial charge in [0.1, 0.15) is 0 Å². The molecule has 4 N–H and O–H groups in total. The molecular formula is C9H18F3N3O. The maximum atomic E-state index is 12.1. The van der Waals surface area contributed by atoms with Gasteiger partial charge in [0, 0.05) is 6.04 Å². The topological polar surface area (TPSA) is 72.3 Å². The summed E-state index contributed by atoms with van der Waals surface area (Å²) in [5.41, 5.74) is 9.33. The molecule has 0 saturated heterocycles. The van der Waals surface area contributed by atoms with E-state index in [1.54, 1.807) is 6.92 Å². The molecule has 0 aromatic carbocycles. The Balaban J connectivity index is 4.36. The molecule has 2 atom stereocenters. The normalized spacial score (nSPS) is 18.2. The van der Waals surface area contributed by atoms with Crippen LogP contribution in [0.1, 0.15) is 20.3 Å². The molecule has 0 aliphatic heterocycles. The van der Waals surface area contributed by atoms with E-state index in [1.807, 2.05) is 0 Å². The van der Waals surface area contributed by atoms with Crippen molar-refractivity contribution in [2.75, 3.05) is 13.6 Å². The summed E-state index contributed by atoms with van der Waals surface area (Å²) in [6.07, 6.45) is -4.18. The van der Waals surface area contributed by atoms with Gasteiger partial charge in [0.25, 0.3) is 0 Å². The van der Waals surface area contributed by atoms with Gasteiger partial charge in [-0.1, -0.05) is 0 Å². The van der Waals surface area contributed by atoms with Gasteiger partial charge in [-0.15, -0.1) is 0 Å². The van der Waals surface area contributed by atoms with Crippen LogP contribution in [-0.4, -0.2) is 42.2 Å². The number of amides is 1. The second kappa shape index (κ2) is 5.01. The highest BCUT2D eigenvalue weighted by Crippen LogP contribution is 2.19. The van der Waals surface area contributed by atoms with Crippen LogP contribution in [0, 0.1) is 0 Å². The Bertz CT molecular complexity index is 253. The first-order valence-electron chi connectivity index (χ1n) is 4.81. The quantitative estimate of drug-likeness (QED) is 0.734. The van der Waals surface area contributed by atoms with E-state index in [2.05, 4.69) is 0 Å². The fraction of sp³-hybridized carbons (Fsp3) is 0.889. The van der Waals surface area contributed by atoms with Gasteiger partial charge in [0.05, 0.1) is 12.1 Å². The SMILES string of the molecule is CC(CC(C)(N)C(N)=O)N(C)CC(F)(F)F. The van der Waals surface area contributed by atoms with Crippen LogP contribution in [0.15, 0.2) is 0 Å². The minimum atomic E-state index is -4.26. The van der Waals surface area contributed by atoms with Crippen LogP contribution in [0.3, 0.4) is 0 Å². The number of hydrogen-bond acceptors (Lipinski definition) is 3. The average molecular weight is 241 g/mol. The molecule has 0 fully saturated rings. The van der Waals surface area contributed by atoms with Crippen molar-refractivity contribution < 1.29 is 18.0 Å². The predicted octanol–water partition coefficient (Wildman–Crippen LogP) is 0.462. The minimum Gasteiger partial charge on any atom is -0.368 e. The monoisotopic (exact) mass is 241 g/mol. The molecule has 0 aliphatic carbocycles. The molecule has 96 valence electrons. The van der Waals surface area contributed by atoms with E-state index in [0.717, 1.165) is 4.90 Å². The van der Waals surface area contributed by atoms with Gasteiger partial charge < -0.3 is 11.5 Å². The number of alkyl halides is 3. The fourth-order valence-corrected chi connectivity index (χ4v) is 1.31. The van der Waals surface area contributed by atoms with Crippen molar-refractivity contribution in [3.8, 4) is 0 Å². The van der Waals surface area contributed by atoms with E-state index >= 15 is 0 Å². The van der Waals surface area contributed by atoms with Gasteiger partial charge in [0.15, 0.2) is 0 Å². The highest BCUT2D eigenvalue weighted by molar-refractivity contribution is 5.83. The Kier molecular flexibility index (Phi) is 4.75. The molecule has 0 spiro atoms. The average Bonchev–Trinajstić information content (AvgIpc) is 1.99. The molecule has 7 heteroatoms. The summed E-state index contributed by atoms with van der Waals surface area (Å²) in [5.74, 6) is -0.722. The molecule has 1 amide bonds. The summed E-state index contributed by atoms with van der Waals surface area (Å²) in [5, 5.41) is 0. The van der Waals surface area contributed by atoms with E-state index in [0.29, 0.717) is 0 Å².